The largest absolute Gasteiger partial charge is 0.485 e. The highest BCUT2D eigenvalue weighted by molar-refractivity contribution is 5.47. The van der Waals surface area contributed by atoms with E-state index in [4.69, 9.17) is 9.47 Å². The monoisotopic (exact) mass is 395 g/mol. The summed E-state index contributed by atoms with van der Waals surface area (Å²) in [4.78, 5) is 10.5. The summed E-state index contributed by atoms with van der Waals surface area (Å²) >= 11 is 0. The van der Waals surface area contributed by atoms with Crippen molar-refractivity contribution in [2.45, 2.75) is 19.3 Å². The molecular formula is C23H22FNO4. The van der Waals surface area contributed by atoms with Gasteiger partial charge in [0.05, 0.1) is 6.10 Å². The molecule has 0 spiro atoms. The van der Waals surface area contributed by atoms with Gasteiger partial charge in [0.2, 0.25) is 6.41 Å². The lowest BCUT2D eigenvalue weighted by atomic mass is 10.1. The van der Waals surface area contributed by atoms with Crippen LogP contribution >= 0.6 is 0 Å². The van der Waals surface area contributed by atoms with Crippen LogP contribution < -0.4 is 14.8 Å². The van der Waals surface area contributed by atoms with Crippen LogP contribution in [0.3, 0.4) is 0 Å². The molecule has 150 valence electrons. The first-order chi connectivity index (χ1) is 14.2. The molecule has 0 saturated heterocycles. The van der Waals surface area contributed by atoms with Gasteiger partial charge in [0.1, 0.15) is 19.0 Å². The fraction of sp³-hybridized carbons (Fsp3) is 0.174. The van der Waals surface area contributed by atoms with E-state index in [0.29, 0.717) is 12.2 Å². The molecule has 29 heavy (non-hydrogen) atoms. The summed E-state index contributed by atoms with van der Waals surface area (Å²) in [7, 11) is 0. The van der Waals surface area contributed by atoms with Crippen LogP contribution in [-0.4, -0.2) is 18.1 Å². The molecule has 3 aromatic carbocycles. The molecule has 0 aliphatic carbocycles. The Morgan fingerprint density at radius 2 is 1.41 bits per heavy atom. The van der Waals surface area contributed by atoms with Crippen LogP contribution in [0.25, 0.3) is 0 Å². The van der Waals surface area contributed by atoms with E-state index in [9.17, 15) is 14.3 Å². The Balaban J connectivity index is 1.83. The summed E-state index contributed by atoms with van der Waals surface area (Å²) < 4.78 is 26.2. The van der Waals surface area contributed by atoms with Gasteiger partial charge in [-0.15, -0.1) is 0 Å². The summed E-state index contributed by atoms with van der Waals surface area (Å²) in [6, 6.07) is 21.7. The Kier molecular flexibility index (Phi) is 7.19. The van der Waals surface area contributed by atoms with Crippen molar-refractivity contribution in [1.29, 1.82) is 0 Å². The van der Waals surface area contributed by atoms with E-state index >= 15 is 0 Å². The smallest absolute Gasteiger partial charge is 0.207 e. The highest BCUT2D eigenvalue weighted by atomic mass is 19.1. The number of rotatable bonds is 10. The normalized spacial score (nSPS) is 11.5. The van der Waals surface area contributed by atoms with E-state index in [2.05, 4.69) is 5.32 Å². The molecule has 6 heteroatoms. The molecule has 0 fully saturated rings. The van der Waals surface area contributed by atoms with E-state index < -0.39 is 11.9 Å². The second-order valence-corrected chi connectivity index (χ2v) is 6.41. The Morgan fingerprint density at radius 1 is 0.897 bits per heavy atom. The van der Waals surface area contributed by atoms with Crippen LogP contribution in [0.5, 0.6) is 11.5 Å². The second kappa shape index (κ2) is 10.2. The maximum Gasteiger partial charge on any atom is 0.207 e. The molecule has 0 aromatic heterocycles. The van der Waals surface area contributed by atoms with E-state index in [1.165, 1.54) is 12.1 Å². The van der Waals surface area contributed by atoms with Crippen LogP contribution in [0.1, 0.15) is 22.8 Å². The SMILES string of the molecule is O=CNCC(O)c1cc(OCc2ccccc2)c(OCc2ccccc2)cc1F. The minimum Gasteiger partial charge on any atom is -0.485 e. The van der Waals surface area contributed by atoms with Crippen LogP contribution in [0, 0.1) is 5.82 Å². The van der Waals surface area contributed by atoms with Crippen molar-refractivity contribution in [2.75, 3.05) is 6.54 Å². The molecule has 2 N–H and O–H groups in total. The molecule has 1 amide bonds. The van der Waals surface area contributed by atoms with Crippen molar-refractivity contribution in [3.8, 4) is 11.5 Å². The number of hydrogen-bond donors (Lipinski definition) is 2. The number of aliphatic hydroxyl groups is 1. The first-order valence-corrected chi connectivity index (χ1v) is 9.19. The van der Waals surface area contributed by atoms with Gasteiger partial charge in [-0.2, -0.15) is 0 Å². The van der Waals surface area contributed by atoms with Crippen LogP contribution in [-0.2, 0) is 18.0 Å². The predicted molar refractivity (Wildman–Crippen MR) is 107 cm³/mol. The number of ether oxygens (including phenoxy) is 2. The maximum atomic E-state index is 14.6. The zero-order valence-corrected chi connectivity index (χ0v) is 15.8. The van der Waals surface area contributed by atoms with Gasteiger partial charge in [-0.1, -0.05) is 60.7 Å². The van der Waals surface area contributed by atoms with E-state index in [0.717, 1.165) is 11.1 Å². The summed E-state index contributed by atoms with van der Waals surface area (Å²) in [5, 5.41) is 12.5. The summed E-state index contributed by atoms with van der Waals surface area (Å²) in [5.74, 6) is -0.0896. The van der Waals surface area contributed by atoms with Crippen molar-refractivity contribution in [1.82, 2.24) is 5.32 Å². The molecule has 0 radical (unpaired) electrons. The lowest BCUT2D eigenvalue weighted by Crippen LogP contribution is -2.20. The number of nitrogens with one attached hydrogen (secondary N) is 1. The highest BCUT2D eigenvalue weighted by Crippen LogP contribution is 2.34. The maximum absolute atomic E-state index is 14.6. The van der Waals surface area contributed by atoms with Gasteiger partial charge in [-0.05, 0) is 17.2 Å². The lowest BCUT2D eigenvalue weighted by molar-refractivity contribution is -0.110. The number of carbonyl (C=O) groups is 1. The zero-order chi connectivity index (χ0) is 20.5. The van der Waals surface area contributed by atoms with E-state index in [1.54, 1.807) is 0 Å². The average molecular weight is 395 g/mol. The molecule has 0 heterocycles. The fourth-order valence-electron chi connectivity index (χ4n) is 2.77. The molecular weight excluding hydrogens is 373 g/mol. The number of amides is 1. The van der Waals surface area contributed by atoms with Crippen molar-refractivity contribution in [3.63, 3.8) is 0 Å². The molecule has 0 saturated carbocycles. The van der Waals surface area contributed by atoms with Crippen LogP contribution in [0.15, 0.2) is 72.8 Å². The average Bonchev–Trinajstić information content (AvgIpc) is 2.76. The quantitative estimate of drug-likeness (QED) is 0.513. The topological polar surface area (TPSA) is 67.8 Å². The third kappa shape index (κ3) is 5.80. The minimum atomic E-state index is -1.21. The number of hydrogen-bond acceptors (Lipinski definition) is 4. The van der Waals surface area contributed by atoms with Gasteiger partial charge in [0.15, 0.2) is 11.5 Å². The van der Waals surface area contributed by atoms with Gasteiger partial charge >= 0.3 is 0 Å². The highest BCUT2D eigenvalue weighted by Gasteiger charge is 2.18. The summed E-state index contributed by atoms with van der Waals surface area (Å²) in [5.41, 5.74) is 1.89. The molecule has 5 nitrogen and oxygen atoms in total. The van der Waals surface area contributed by atoms with Gasteiger partial charge in [-0.25, -0.2) is 4.39 Å². The van der Waals surface area contributed by atoms with Crippen molar-refractivity contribution in [3.05, 3.63) is 95.3 Å². The van der Waals surface area contributed by atoms with E-state index in [1.807, 2.05) is 60.7 Å². The van der Waals surface area contributed by atoms with Gasteiger partial charge < -0.3 is 19.9 Å². The molecule has 3 rings (SSSR count). The standard InChI is InChI=1S/C23H22FNO4/c24-20-12-23(29-15-18-9-5-2-6-10-18)22(11-19(20)21(27)13-25-16-26)28-14-17-7-3-1-4-8-17/h1-12,16,21,27H,13-15H2,(H,25,26). The number of aliphatic hydroxyl groups excluding tert-OH is 1. The Morgan fingerprint density at radius 3 is 1.93 bits per heavy atom. The van der Waals surface area contributed by atoms with Crippen LogP contribution in [0.4, 0.5) is 4.39 Å². The Labute approximate surface area is 168 Å². The van der Waals surface area contributed by atoms with Gasteiger partial charge in [0, 0.05) is 18.2 Å². The molecule has 1 unspecified atom stereocenters. The molecule has 3 aromatic rings. The molecule has 1 atom stereocenters. The molecule has 0 aliphatic heterocycles. The number of carbonyl (C=O) groups excluding carboxylic acids is 1. The fourth-order valence-corrected chi connectivity index (χ4v) is 2.77. The Hall–Kier alpha value is -3.38. The Bertz CT molecular complexity index is 919. The van der Waals surface area contributed by atoms with Crippen molar-refractivity contribution >= 4 is 6.41 Å². The number of benzene rings is 3. The third-order valence-corrected chi connectivity index (χ3v) is 4.29. The van der Waals surface area contributed by atoms with E-state index in [-0.39, 0.29) is 31.1 Å². The molecule has 0 bridgehead atoms. The van der Waals surface area contributed by atoms with Gasteiger partial charge in [0.25, 0.3) is 0 Å². The van der Waals surface area contributed by atoms with Crippen molar-refractivity contribution < 1.29 is 23.8 Å². The molecule has 0 aliphatic rings. The first-order valence-electron chi connectivity index (χ1n) is 9.19. The van der Waals surface area contributed by atoms with Crippen LogP contribution in [0.2, 0.25) is 0 Å². The van der Waals surface area contributed by atoms with Gasteiger partial charge in [-0.3, -0.25) is 4.79 Å². The lowest BCUT2D eigenvalue weighted by Gasteiger charge is -2.17. The minimum absolute atomic E-state index is 0.0227. The van der Waals surface area contributed by atoms with Crippen molar-refractivity contribution in [2.24, 2.45) is 0 Å². The predicted octanol–water partition coefficient (Wildman–Crippen LogP) is 3.76. The summed E-state index contributed by atoms with van der Waals surface area (Å²) in [6.07, 6.45) is -0.756. The third-order valence-electron chi connectivity index (χ3n) is 4.29. The zero-order valence-electron chi connectivity index (χ0n) is 15.8. The summed E-state index contributed by atoms with van der Waals surface area (Å²) in [6.45, 7) is 0.398. The second-order valence-electron chi connectivity index (χ2n) is 6.41. The number of halogens is 1. The first kappa shape index (κ1) is 20.4.